The van der Waals surface area contributed by atoms with E-state index in [9.17, 15) is 9.59 Å². The number of ether oxygens (including phenoxy) is 3. The normalized spacial score (nSPS) is 11.4. The van der Waals surface area contributed by atoms with Crippen molar-refractivity contribution in [2.45, 2.75) is 25.7 Å². The highest BCUT2D eigenvalue weighted by Gasteiger charge is 2.22. The highest BCUT2D eigenvalue weighted by atomic mass is 16.5. The van der Waals surface area contributed by atoms with Crippen molar-refractivity contribution in [3.8, 4) is 5.75 Å². The van der Waals surface area contributed by atoms with Gasteiger partial charge in [0.1, 0.15) is 25.0 Å². The number of methoxy groups -OCH3 is 1. The number of benzene rings is 3. The van der Waals surface area contributed by atoms with Crippen LogP contribution >= 0.6 is 0 Å². The van der Waals surface area contributed by atoms with Crippen LogP contribution in [0.5, 0.6) is 5.75 Å². The molecule has 3 rings (SSSR count). The number of amides is 1. The summed E-state index contributed by atoms with van der Waals surface area (Å²) in [6.07, 6.45) is 0.302. The molecule has 0 saturated heterocycles. The van der Waals surface area contributed by atoms with Crippen molar-refractivity contribution < 1.29 is 23.8 Å². The molecule has 0 aliphatic carbocycles. The molecule has 0 aromatic heterocycles. The Bertz CT molecular complexity index is 974. The average Bonchev–Trinajstić information content (AvgIpc) is 2.84. The Morgan fingerprint density at radius 3 is 1.97 bits per heavy atom. The average molecular weight is 434 g/mol. The van der Waals surface area contributed by atoms with E-state index in [-0.39, 0.29) is 12.5 Å². The number of hydrogen-bond acceptors (Lipinski definition) is 5. The summed E-state index contributed by atoms with van der Waals surface area (Å²) in [7, 11) is 1.30. The van der Waals surface area contributed by atoms with Crippen LogP contribution in [0.1, 0.15) is 16.7 Å². The first-order chi connectivity index (χ1) is 15.6. The third-order valence-electron chi connectivity index (χ3n) is 4.78. The fraction of sp³-hybridized carbons (Fsp3) is 0.231. The van der Waals surface area contributed by atoms with E-state index >= 15 is 0 Å². The fourth-order valence-corrected chi connectivity index (χ4v) is 3.11. The zero-order valence-electron chi connectivity index (χ0n) is 18.0. The molecular formula is C26H27NO5. The lowest BCUT2D eigenvalue weighted by Crippen LogP contribution is -2.44. The van der Waals surface area contributed by atoms with Crippen molar-refractivity contribution in [2.24, 2.45) is 0 Å². The van der Waals surface area contributed by atoms with Crippen molar-refractivity contribution in [1.82, 2.24) is 5.32 Å². The quantitative estimate of drug-likeness (QED) is 0.467. The minimum atomic E-state index is -0.802. The summed E-state index contributed by atoms with van der Waals surface area (Å²) in [4.78, 5) is 24.4. The second-order valence-corrected chi connectivity index (χ2v) is 7.24. The molecule has 0 aliphatic heterocycles. The summed E-state index contributed by atoms with van der Waals surface area (Å²) in [6.45, 7) is 0.653. The second kappa shape index (κ2) is 12.3. The van der Waals surface area contributed by atoms with Crippen LogP contribution in [0.2, 0.25) is 0 Å². The first-order valence-corrected chi connectivity index (χ1v) is 10.4. The van der Waals surface area contributed by atoms with Crippen LogP contribution in [-0.4, -0.2) is 31.6 Å². The highest BCUT2D eigenvalue weighted by molar-refractivity contribution is 5.85. The van der Waals surface area contributed by atoms with E-state index < -0.39 is 12.0 Å². The molecule has 0 saturated carbocycles. The molecule has 32 heavy (non-hydrogen) atoms. The Balaban J connectivity index is 1.49. The van der Waals surface area contributed by atoms with E-state index in [0.29, 0.717) is 19.6 Å². The van der Waals surface area contributed by atoms with Crippen LogP contribution in [0.3, 0.4) is 0 Å². The summed E-state index contributed by atoms with van der Waals surface area (Å²) < 4.78 is 16.1. The minimum Gasteiger partial charge on any atom is -0.489 e. The topological polar surface area (TPSA) is 73.9 Å². The van der Waals surface area contributed by atoms with E-state index in [4.69, 9.17) is 14.2 Å². The molecule has 0 heterocycles. The highest BCUT2D eigenvalue weighted by Crippen LogP contribution is 2.16. The maximum absolute atomic E-state index is 12.3. The van der Waals surface area contributed by atoms with Crippen molar-refractivity contribution >= 4 is 11.9 Å². The minimum absolute atomic E-state index is 0.144. The van der Waals surface area contributed by atoms with Gasteiger partial charge in [-0.1, -0.05) is 72.8 Å². The molecule has 3 aromatic rings. The molecule has 0 bridgehead atoms. The maximum atomic E-state index is 12.3. The van der Waals surface area contributed by atoms with Gasteiger partial charge in [0.25, 0.3) is 0 Å². The molecule has 0 unspecified atom stereocenters. The van der Waals surface area contributed by atoms with Gasteiger partial charge in [-0.2, -0.15) is 0 Å². The van der Waals surface area contributed by atoms with Crippen LogP contribution in [0.25, 0.3) is 0 Å². The molecule has 1 amide bonds. The Kier molecular flexibility index (Phi) is 8.83. The monoisotopic (exact) mass is 433 g/mol. The van der Waals surface area contributed by atoms with Crippen LogP contribution in [-0.2, 0) is 38.7 Å². The Hall–Kier alpha value is -3.64. The molecule has 3 aromatic carbocycles. The summed E-state index contributed by atoms with van der Waals surface area (Å²) >= 11 is 0. The molecule has 0 aliphatic rings. The number of carbonyl (C=O) groups is 2. The Morgan fingerprint density at radius 2 is 1.38 bits per heavy atom. The zero-order valence-corrected chi connectivity index (χ0v) is 18.0. The standard InChI is InChI=1S/C26H27NO5/c1-30-26(29)24(27-25(28)19-31-17-21-8-4-2-5-9-21)16-20-12-14-23(15-13-20)32-18-22-10-6-3-7-11-22/h2-15,24H,16-19H2,1H3,(H,27,28)/t24-/m0/s1. The molecule has 0 spiro atoms. The Labute approximate surface area is 188 Å². The van der Waals surface area contributed by atoms with Crippen molar-refractivity contribution in [3.63, 3.8) is 0 Å². The molecular weight excluding hydrogens is 406 g/mol. The lowest BCUT2D eigenvalue weighted by molar-refractivity contribution is -0.145. The third-order valence-corrected chi connectivity index (χ3v) is 4.78. The van der Waals surface area contributed by atoms with Gasteiger partial charge >= 0.3 is 5.97 Å². The third kappa shape index (κ3) is 7.56. The van der Waals surface area contributed by atoms with E-state index in [1.165, 1.54) is 7.11 Å². The van der Waals surface area contributed by atoms with Crippen LogP contribution in [0, 0.1) is 0 Å². The largest absolute Gasteiger partial charge is 0.489 e. The van der Waals surface area contributed by atoms with Gasteiger partial charge in [-0.25, -0.2) is 4.79 Å². The van der Waals surface area contributed by atoms with E-state index in [1.54, 1.807) is 0 Å². The van der Waals surface area contributed by atoms with E-state index in [2.05, 4.69) is 5.32 Å². The van der Waals surface area contributed by atoms with Crippen LogP contribution < -0.4 is 10.1 Å². The van der Waals surface area contributed by atoms with Gasteiger partial charge in [-0.05, 0) is 28.8 Å². The van der Waals surface area contributed by atoms with Crippen LogP contribution in [0.15, 0.2) is 84.9 Å². The molecule has 0 radical (unpaired) electrons. The van der Waals surface area contributed by atoms with Crippen LogP contribution in [0.4, 0.5) is 0 Å². The van der Waals surface area contributed by atoms with Gasteiger partial charge in [0, 0.05) is 6.42 Å². The van der Waals surface area contributed by atoms with Gasteiger partial charge in [-0.3, -0.25) is 4.79 Å². The van der Waals surface area contributed by atoms with Crippen molar-refractivity contribution in [3.05, 3.63) is 102 Å². The molecule has 0 fully saturated rings. The fourth-order valence-electron chi connectivity index (χ4n) is 3.11. The first-order valence-electron chi connectivity index (χ1n) is 10.4. The Morgan fingerprint density at radius 1 is 0.781 bits per heavy atom. The number of nitrogens with one attached hydrogen (secondary N) is 1. The molecule has 6 nitrogen and oxygen atoms in total. The van der Waals surface area contributed by atoms with Crippen molar-refractivity contribution in [2.75, 3.05) is 13.7 Å². The number of hydrogen-bond donors (Lipinski definition) is 1. The predicted molar refractivity (Wildman–Crippen MR) is 121 cm³/mol. The second-order valence-electron chi connectivity index (χ2n) is 7.24. The van der Waals surface area contributed by atoms with Crippen molar-refractivity contribution in [1.29, 1.82) is 0 Å². The first kappa shape index (κ1) is 23.0. The zero-order chi connectivity index (χ0) is 22.6. The summed E-state index contributed by atoms with van der Waals surface area (Å²) in [6, 6.07) is 26.1. The SMILES string of the molecule is COC(=O)[C@H](Cc1ccc(OCc2ccccc2)cc1)NC(=O)COCc1ccccc1. The molecule has 6 heteroatoms. The summed E-state index contributed by atoms with van der Waals surface area (Å²) in [5.41, 5.74) is 2.93. The molecule has 1 N–H and O–H groups in total. The number of esters is 1. The molecule has 1 atom stereocenters. The summed E-state index contributed by atoms with van der Waals surface area (Å²) in [5, 5.41) is 2.69. The van der Waals surface area contributed by atoms with E-state index in [1.807, 2.05) is 84.9 Å². The smallest absolute Gasteiger partial charge is 0.328 e. The predicted octanol–water partition coefficient (Wildman–Crippen LogP) is 3.68. The van der Waals surface area contributed by atoms with Gasteiger partial charge in [0.2, 0.25) is 5.91 Å². The summed E-state index contributed by atoms with van der Waals surface area (Å²) in [5.74, 6) is -0.157. The van der Waals surface area contributed by atoms with Gasteiger partial charge in [0.05, 0.1) is 13.7 Å². The maximum Gasteiger partial charge on any atom is 0.328 e. The lowest BCUT2D eigenvalue weighted by Gasteiger charge is -2.17. The van der Waals surface area contributed by atoms with Gasteiger partial charge < -0.3 is 19.5 Å². The molecule has 166 valence electrons. The lowest BCUT2D eigenvalue weighted by atomic mass is 10.1. The number of carbonyl (C=O) groups excluding carboxylic acids is 2. The van der Waals surface area contributed by atoms with Gasteiger partial charge in [-0.15, -0.1) is 0 Å². The van der Waals surface area contributed by atoms with Gasteiger partial charge in [0.15, 0.2) is 0 Å². The van der Waals surface area contributed by atoms with E-state index in [0.717, 1.165) is 22.4 Å². The number of rotatable bonds is 11.